The Hall–Kier alpha value is -1.99. The second kappa shape index (κ2) is 8.15. The largest absolute Gasteiger partial charge is 0.545 e. The SMILES string of the molecule is CC[NH+](N)CC.O=C([O-])c1cccc([N+](=O)[O-])c1. The van der Waals surface area contributed by atoms with Gasteiger partial charge in [0.25, 0.3) is 5.69 Å². The first-order chi connectivity index (χ1) is 8.42. The molecular formula is C11H17N3O4. The molecule has 0 radical (unpaired) electrons. The summed E-state index contributed by atoms with van der Waals surface area (Å²) < 4.78 is 0. The number of benzene rings is 1. The fraction of sp³-hybridized carbons (Fsp3) is 0.364. The van der Waals surface area contributed by atoms with Gasteiger partial charge in [-0.15, -0.1) is 0 Å². The van der Waals surface area contributed by atoms with Crippen LogP contribution in [0, 0.1) is 10.1 Å². The predicted molar refractivity (Wildman–Crippen MR) is 63.7 cm³/mol. The Labute approximate surface area is 105 Å². The van der Waals surface area contributed by atoms with Gasteiger partial charge in [-0.05, 0) is 13.8 Å². The van der Waals surface area contributed by atoms with Gasteiger partial charge in [-0.2, -0.15) is 5.84 Å². The van der Waals surface area contributed by atoms with Crippen LogP contribution in [0.2, 0.25) is 0 Å². The number of nitrogens with one attached hydrogen (secondary N) is 1. The average molecular weight is 255 g/mol. The lowest BCUT2D eigenvalue weighted by Crippen LogP contribution is -3.17. The van der Waals surface area contributed by atoms with Crippen molar-refractivity contribution < 1.29 is 19.8 Å². The van der Waals surface area contributed by atoms with Gasteiger partial charge in [0.1, 0.15) is 0 Å². The molecule has 1 aromatic rings. The van der Waals surface area contributed by atoms with Gasteiger partial charge in [0.2, 0.25) is 0 Å². The third-order valence-corrected chi connectivity index (χ3v) is 2.20. The first kappa shape index (κ1) is 16.0. The number of hydrogen-bond acceptors (Lipinski definition) is 5. The number of nitrogens with two attached hydrogens (primary N) is 1. The number of carbonyl (C=O) groups is 1. The van der Waals surface area contributed by atoms with E-state index in [0.717, 1.165) is 24.2 Å². The topological polar surface area (TPSA) is 114 Å². The average Bonchev–Trinajstić information content (AvgIpc) is 2.38. The van der Waals surface area contributed by atoms with Crippen LogP contribution in [0.3, 0.4) is 0 Å². The van der Waals surface area contributed by atoms with Gasteiger partial charge in [0.05, 0.1) is 24.0 Å². The minimum Gasteiger partial charge on any atom is -0.545 e. The van der Waals surface area contributed by atoms with E-state index in [0.29, 0.717) is 0 Å². The first-order valence-electron chi connectivity index (χ1n) is 5.48. The zero-order valence-corrected chi connectivity index (χ0v) is 10.4. The van der Waals surface area contributed by atoms with E-state index in [2.05, 4.69) is 13.8 Å². The molecule has 0 aliphatic carbocycles. The summed E-state index contributed by atoms with van der Waals surface area (Å²) in [7, 11) is 0. The maximum Gasteiger partial charge on any atom is 0.270 e. The number of rotatable bonds is 4. The van der Waals surface area contributed by atoms with Crippen LogP contribution in [0.15, 0.2) is 24.3 Å². The summed E-state index contributed by atoms with van der Waals surface area (Å²) in [4.78, 5) is 19.7. The van der Waals surface area contributed by atoms with Gasteiger partial charge in [0.15, 0.2) is 0 Å². The highest BCUT2D eigenvalue weighted by Crippen LogP contribution is 2.11. The van der Waals surface area contributed by atoms with Crippen molar-refractivity contribution in [2.45, 2.75) is 13.8 Å². The van der Waals surface area contributed by atoms with Gasteiger partial charge in [-0.25, -0.2) is 0 Å². The molecule has 0 aliphatic heterocycles. The molecule has 0 saturated heterocycles. The maximum absolute atomic E-state index is 10.2. The van der Waals surface area contributed by atoms with E-state index in [-0.39, 0.29) is 11.3 Å². The van der Waals surface area contributed by atoms with Crippen molar-refractivity contribution in [3.8, 4) is 0 Å². The Morgan fingerprint density at radius 2 is 1.94 bits per heavy atom. The lowest BCUT2D eigenvalue weighted by molar-refractivity contribution is -0.908. The summed E-state index contributed by atoms with van der Waals surface area (Å²) in [6, 6.07) is 4.70. The summed E-state index contributed by atoms with van der Waals surface area (Å²) in [5, 5.41) is 21.5. The molecule has 7 nitrogen and oxygen atoms in total. The highest BCUT2D eigenvalue weighted by atomic mass is 16.6. The molecule has 7 heteroatoms. The van der Waals surface area contributed by atoms with Gasteiger partial charge in [-0.3, -0.25) is 15.1 Å². The summed E-state index contributed by atoms with van der Waals surface area (Å²) in [5.41, 5.74) is -0.444. The van der Waals surface area contributed by atoms with Crippen molar-refractivity contribution in [3.63, 3.8) is 0 Å². The molecule has 0 aliphatic rings. The van der Waals surface area contributed by atoms with E-state index >= 15 is 0 Å². The van der Waals surface area contributed by atoms with E-state index in [9.17, 15) is 20.0 Å². The van der Waals surface area contributed by atoms with Crippen molar-refractivity contribution in [2.75, 3.05) is 13.1 Å². The highest BCUT2D eigenvalue weighted by molar-refractivity contribution is 5.86. The monoisotopic (exact) mass is 255 g/mol. The fourth-order valence-electron chi connectivity index (χ4n) is 0.996. The Bertz CT molecular complexity index is 376. The quantitative estimate of drug-likeness (QED) is 0.396. The minimum absolute atomic E-state index is 0.191. The fourth-order valence-corrected chi connectivity index (χ4v) is 0.996. The predicted octanol–water partition coefficient (Wildman–Crippen LogP) is -1.26. The maximum atomic E-state index is 10.2. The molecule has 0 bridgehead atoms. The van der Waals surface area contributed by atoms with Crippen molar-refractivity contribution >= 4 is 11.7 Å². The standard InChI is InChI=1S/C7H5NO4.C4H12N2/c9-7(10)5-2-1-3-6(4-5)8(11)12;1-3-6(5)4-2/h1-4H,(H,9,10);3-5H2,1-2H3. The van der Waals surface area contributed by atoms with Crippen molar-refractivity contribution in [3.05, 3.63) is 39.9 Å². The summed E-state index contributed by atoms with van der Waals surface area (Å²) in [5.74, 6) is 3.97. The number of nitrogens with zero attached hydrogens (tertiary/aromatic N) is 1. The van der Waals surface area contributed by atoms with E-state index in [1.807, 2.05) is 0 Å². The molecule has 100 valence electrons. The molecule has 1 rings (SSSR count). The number of nitro benzene ring substituents is 1. The zero-order chi connectivity index (χ0) is 14.1. The van der Waals surface area contributed by atoms with Crippen molar-refractivity contribution in [1.82, 2.24) is 0 Å². The third kappa shape index (κ3) is 5.92. The number of nitro groups is 1. The number of carboxylic acid groups (broad SMARTS) is 1. The van der Waals surface area contributed by atoms with Crippen LogP contribution < -0.4 is 16.0 Å². The molecule has 0 spiro atoms. The molecular weight excluding hydrogens is 238 g/mol. The highest BCUT2D eigenvalue weighted by Gasteiger charge is 2.04. The molecule has 18 heavy (non-hydrogen) atoms. The lowest BCUT2D eigenvalue weighted by atomic mass is 10.2. The van der Waals surface area contributed by atoms with Crippen molar-refractivity contribution in [2.24, 2.45) is 5.84 Å². The molecule has 1 aromatic carbocycles. The minimum atomic E-state index is -1.42. The Morgan fingerprint density at radius 3 is 2.28 bits per heavy atom. The zero-order valence-electron chi connectivity index (χ0n) is 10.4. The summed E-state index contributed by atoms with van der Waals surface area (Å²) in [6.07, 6.45) is 0. The van der Waals surface area contributed by atoms with E-state index < -0.39 is 10.9 Å². The molecule has 0 heterocycles. The molecule has 0 fully saturated rings. The van der Waals surface area contributed by atoms with Crippen LogP contribution in [0.1, 0.15) is 24.2 Å². The second-order valence-corrected chi connectivity index (χ2v) is 3.46. The molecule has 0 amide bonds. The van der Waals surface area contributed by atoms with Crippen LogP contribution in [-0.4, -0.2) is 24.0 Å². The smallest absolute Gasteiger partial charge is 0.270 e. The first-order valence-corrected chi connectivity index (χ1v) is 5.48. The van der Waals surface area contributed by atoms with Crippen molar-refractivity contribution in [1.29, 1.82) is 0 Å². The van der Waals surface area contributed by atoms with Gasteiger partial charge in [0, 0.05) is 17.7 Å². The van der Waals surface area contributed by atoms with Gasteiger partial charge in [-0.1, -0.05) is 12.1 Å². The summed E-state index contributed by atoms with van der Waals surface area (Å²) >= 11 is 0. The lowest BCUT2D eigenvalue weighted by Gasteiger charge is -2.03. The Kier molecular flexibility index (Phi) is 7.25. The summed E-state index contributed by atoms with van der Waals surface area (Å²) in [6.45, 7) is 6.19. The van der Waals surface area contributed by atoms with E-state index in [1.54, 1.807) is 0 Å². The number of carboxylic acids is 1. The number of quaternary nitrogens is 1. The number of hydrogen-bond donors (Lipinski definition) is 2. The number of non-ortho nitro benzene ring substituents is 1. The molecule has 0 aromatic heterocycles. The van der Waals surface area contributed by atoms with E-state index in [4.69, 9.17) is 5.84 Å². The second-order valence-electron chi connectivity index (χ2n) is 3.46. The van der Waals surface area contributed by atoms with Crippen LogP contribution in [0.4, 0.5) is 5.69 Å². The van der Waals surface area contributed by atoms with Gasteiger partial charge >= 0.3 is 0 Å². The molecule has 3 N–H and O–H groups in total. The molecule has 0 atom stereocenters. The molecule has 0 unspecified atom stereocenters. The van der Waals surface area contributed by atoms with Crippen LogP contribution >= 0.6 is 0 Å². The third-order valence-electron chi connectivity index (χ3n) is 2.20. The van der Waals surface area contributed by atoms with Gasteiger partial charge < -0.3 is 9.90 Å². The van der Waals surface area contributed by atoms with Crippen LogP contribution in [0.25, 0.3) is 0 Å². The van der Waals surface area contributed by atoms with Crippen LogP contribution in [0.5, 0.6) is 0 Å². The Morgan fingerprint density at radius 1 is 1.39 bits per heavy atom. The molecule has 0 saturated carbocycles. The van der Waals surface area contributed by atoms with Crippen LogP contribution in [-0.2, 0) is 0 Å². The normalized spacial score (nSPS) is 9.56. The Balaban J connectivity index is 0.000000411. The van der Waals surface area contributed by atoms with E-state index in [1.165, 1.54) is 18.2 Å². The number of aromatic carboxylic acids is 1. The number of carbonyl (C=O) groups excluding carboxylic acids is 1.